The normalized spacial score (nSPS) is 14.4. The van der Waals surface area contributed by atoms with E-state index in [0.29, 0.717) is 5.56 Å². The van der Waals surface area contributed by atoms with Crippen molar-refractivity contribution in [1.82, 2.24) is 9.78 Å². The molecule has 0 saturated carbocycles. The van der Waals surface area contributed by atoms with Crippen molar-refractivity contribution < 1.29 is 15.3 Å². The van der Waals surface area contributed by atoms with Crippen LogP contribution in [0.4, 0.5) is 0 Å². The first-order chi connectivity index (χ1) is 8.72. The highest BCUT2D eigenvalue weighted by molar-refractivity contribution is 5.34. The summed E-state index contributed by atoms with van der Waals surface area (Å²) in [4.78, 5) is 0. The Hall–Kier alpha value is -1.69. The van der Waals surface area contributed by atoms with Crippen LogP contribution in [0.25, 0.3) is 5.69 Å². The van der Waals surface area contributed by atoms with Gasteiger partial charge < -0.3 is 15.3 Å². The molecule has 3 N–H and O–H groups in total. The highest BCUT2D eigenvalue weighted by Crippen LogP contribution is 2.20. The molecule has 1 aromatic carbocycles. The molecule has 1 aromatic heterocycles. The number of benzene rings is 1. The van der Waals surface area contributed by atoms with Crippen LogP contribution < -0.4 is 0 Å². The van der Waals surface area contributed by atoms with Gasteiger partial charge in [-0.3, -0.25) is 0 Å². The van der Waals surface area contributed by atoms with Gasteiger partial charge in [-0.15, -0.1) is 0 Å². The van der Waals surface area contributed by atoms with Crippen molar-refractivity contribution in [3.8, 4) is 5.69 Å². The van der Waals surface area contributed by atoms with Crippen molar-refractivity contribution in [3.05, 3.63) is 48.3 Å². The Balaban J connectivity index is 2.12. The van der Waals surface area contributed by atoms with E-state index in [4.69, 9.17) is 5.11 Å². The lowest BCUT2D eigenvalue weighted by atomic mass is 10.0. The lowest BCUT2D eigenvalue weighted by Crippen LogP contribution is -2.19. The lowest BCUT2D eigenvalue weighted by molar-refractivity contribution is 0.00422. The summed E-state index contributed by atoms with van der Waals surface area (Å²) in [6.45, 7) is -0.149. The van der Waals surface area contributed by atoms with Crippen LogP contribution in [0.2, 0.25) is 0 Å². The van der Waals surface area contributed by atoms with E-state index in [-0.39, 0.29) is 13.0 Å². The van der Waals surface area contributed by atoms with Gasteiger partial charge in [0.15, 0.2) is 0 Å². The van der Waals surface area contributed by atoms with Gasteiger partial charge in [0.25, 0.3) is 0 Å². The average molecular weight is 248 g/mol. The summed E-state index contributed by atoms with van der Waals surface area (Å²) >= 11 is 0. The molecular formula is C13H16N2O3. The number of nitrogens with zero attached hydrogens (tertiary/aromatic N) is 2. The second kappa shape index (κ2) is 5.77. The molecule has 0 fully saturated rings. The Labute approximate surface area is 105 Å². The molecule has 2 aromatic rings. The lowest BCUT2D eigenvalue weighted by Gasteiger charge is -2.17. The standard InChI is InChI=1S/C13H16N2O3/c16-9-6-12(17)13(18)10-2-4-11(5-3-10)15-8-1-7-14-15/h1-5,7-8,12-13,16-18H,6,9H2. The van der Waals surface area contributed by atoms with Crippen molar-refractivity contribution in [1.29, 1.82) is 0 Å². The zero-order valence-corrected chi connectivity index (χ0v) is 9.85. The van der Waals surface area contributed by atoms with Crippen LogP contribution in [0.3, 0.4) is 0 Å². The number of aliphatic hydroxyl groups is 3. The maximum absolute atomic E-state index is 9.86. The Kier molecular flexibility index (Phi) is 4.09. The molecule has 18 heavy (non-hydrogen) atoms. The van der Waals surface area contributed by atoms with Crippen molar-refractivity contribution in [2.75, 3.05) is 6.61 Å². The van der Waals surface area contributed by atoms with Gasteiger partial charge in [0.05, 0.1) is 11.8 Å². The van der Waals surface area contributed by atoms with Crippen LogP contribution in [-0.4, -0.2) is 37.8 Å². The second-order valence-corrected chi connectivity index (χ2v) is 4.07. The monoisotopic (exact) mass is 248 g/mol. The minimum atomic E-state index is -0.983. The van der Waals surface area contributed by atoms with E-state index < -0.39 is 12.2 Å². The molecule has 0 aliphatic carbocycles. The molecule has 0 radical (unpaired) electrons. The summed E-state index contributed by atoms with van der Waals surface area (Å²) in [5.41, 5.74) is 1.50. The van der Waals surface area contributed by atoms with E-state index in [1.165, 1.54) is 0 Å². The van der Waals surface area contributed by atoms with Gasteiger partial charge in [-0.05, 0) is 30.2 Å². The Morgan fingerprint density at radius 2 is 1.89 bits per heavy atom. The van der Waals surface area contributed by atoms with Crippen LogP contribution in [0, 0.1) is 0 Å². The zero-order chi connectivity index (χ0) is 13.0. The predicted octanol–water partition coefficient (Wildman–Crippen LogP) is 0.649. The van der Waals surface area contributed by atoms with E-state index in [2.05, 4.69) is 5.10 Å². The zero-order valence-electron chi connectivity index (χ0n) is 9.85. The molecule has 1 heterocycles. The summed E-state index contributed by atoms with van der Waals surface area (Å²) < 4.78 is 1.71. The van der Waals surface area contributed by atoms with Crippen LogP contribution in [0.5, 0.6) is 0 Å². The van der Waals surface area contributed by atoms with Crippen molar-refractivity contribution in [3.63, 3.8) is 0 Å². The maximum atomic E-state index is 9.86. The molecule has 0 amide bonds. The van der Waals surface area contributed by atoms with Gasteiger partial charge in [0.2, 0.25) is 0 Å². The summed E-state index contributed by atoms with van der Waals surface area (Å²) in [7, 11) is 0. The SMILES string of the molecule is OCCC(O)C(O)c1ccc(-n2cccn2)cc1. The molecule has 2 rings (SSSR count). The highest BCUT2D eigenvalue weighted by atomic mass is 16.3. The Bertz CT molecular complexity index is 467. The Morgan fingerprint density at radius 1 is 1.17 bits per heavy atom. The second-order valence-electron chi connectivity index (χ2n) is 4.07. The number of hydrogen-bond acceptors (Lipinski definition) is 4. The van der Waals surface area contributed by atoms with Gasteiger partial charge in [-0.1, -0.05) is 12.1 Å². The summed E-state index contributed by atoms with van der Waals surface area (Å²) in [6.07, 6.45) is 1.73. The quantitative estimate of drug-likeness (QED) is 0.726. The van der Waals surface area contributed by atoms with Gasteiger partial charge in [0.1, 0.15) is 6.10 Å². The third-order valence-corrected chi connectivity index (χ3v) is 2.79. The molecule has 5 nitrogen and oxygen atoms in total. The third kappa shape index (κ3) is 2.76. The van der Waals surface area contributed by atoms with E-state index in [0.717, 1.165) is 5.69 Å². The highest BCUT2D eigenvalue weighted by Gasteiger charge is 2.17. The third-order valence-electron chi connectivity index (χ3n) is 2.79. The molecular weight excluding hydrogens is 232 g/mol. The molecule has 0 aliphatic heterocycles. The topological polar surface area (TPSA) is 78.5 Å². The molecule has 0 aliphatic rings. The Morgan fingerprint density at radius 3 is 2.44 bits per heavy atom. The summed E-state index contributed by atoms with van der Waals surface area (Å²) in [5.74, 6) is 0. The molecule has 2 unspecified atom stereocenters. The molecule has 5 heteroatoms. The van der Waals surface area contributed by atoms with Crippen LogP contribution in [0.1, 0.15) is 18.1 Å². The van der Waals surface area contributed by atoms with Crippen molar-refractivity contribution in [2.24, 2.45) is 0 Å². The minimum Gasteiger partial charge on any atom is -0.396 e. The van der Waals surface area contributed by atoms with Gasteiger partial charge in [-0.2, -0.15) is 5.10 Å². The van der Waals surface area contributed by atoms with E-state index in [1.807, 2.05) is 24.4 Å². The molecule has 0 spiro atoms. The molecule has 0 bridgehead atoms. The number of aliphatic hydroxyl groups excluding tert-OH is 3. The van der Waals surface area contributed by atoms with Crippen LogP contribution >= 0.6 is 0 Å². The van der Waals surface area contributed by atoms with E-state index in [1.54, 1.807) is 23.0 Å². The molecule has 2 atom stereocenters. The smallest absolute Gasteiger partial charge is 0.105 e. The predicted molar refractivity (Wildman–Crippen MR) is 66.2 cm³/mol. The first kappa shape index (κ1) is 12.8. The van der Waals surface area contributed by atoms with Gasteiger partial charge >= 0.3 is 0 Å². The first-order valence-electron chi connectivity index (χ1n) is 5.79. The fourth-order valence-corrected chi connectivity index (χ4v) is 1.76. The van der Waals surface area contributed by atoms with Gasteiger partial charge in [-0.25, -0.2) is 4.68 Å². The first-order valence-corrected chi connectivity index (χ1v) is 5.79. The van der Waals surface area contributed by atoms with Crippen molar-refractivity contribution in [2.45, 2.75) is 18.6 Å². The van der Waals surface area contributed by atoms with E-state index in [9.17, 15) is 10.2 Å². The minimum absolute atomic E-state index is 0.149. The number of aromatic nitrogens is 2. The summed E-state index contributed by atoms with van der Waals surface area (Å²) in [6, 6.07) is 8.94. The maximum Gasteiger partial charge on any atom is 0.105 e. The van der Waals surface area contributed by atoms with Crippen LogP contribution in [0.15, 0.2) is 42.7 Å². The van der Waals surface area contributed by atoms with Gasteiger partial charge in [0, 0.05) is 19.0 Å². The van der Waals surface area contributed by atoms with Crippen LogP contribution in [-0.2, 0) is 0 Å². The fraction of sp³-hybridized carbons (Fsp3) is 0.308. The largest absolute Gasteiger partial charge is 0.396 e. The van der Waals surface area contributed by atoms with E-state index >= 15 is 0 Å². The molecule has 96 valence electrons. The summed E-state index contributed by atoms with van der Waals surface area (Å²) in [5, 5.41) is 32.3. The molecule has 0 saturated heterocycles. The number of hydrogen-bond donors (Lipinski definition) is 3. The van der Waals surface area contributed by atoms with Crippen molar-refractivity contribution >= 4 is 0 Å². The number of rotatable bonds is 5. The average Bonchev–Trinajstić information content (AvgIpc) is 2.92. The fourth-order valence-electron chi connectivity index (χ4n) is 1.76.